The maximum Gasteiger partial charge on any atom is 0.270 e. The van der Waals surface area contributed by atoms with Crippen LogP contribution >= 0.6 is 15.9 Å². The minimum absolute atomic E-state index is 0.137. The number of benzene rings is 1. The summed E-state index contributed by atoms with van der Waals surface area (Å²) in [4.78, 5) is 16.3. The number of carbonyl (C=O) groups excluding carboxylic acids is 1. The highest BCUT2D eigenvalue weighted by molar-refractivity contribution is 9.09. The summed E-state index contributed by atoms with van der Waals surface area (Å²) < 4.78 is 5.33. The first-order chi connectivity index (χ1) is 9.83. The minimum Gasteiger partial charge on any atom is -0.381 e. The van der Waals surface area contributed by atoms with E-state index in [0.717, 1.165) is 22.5 Å². The van der Waals surface area contributed by atoms with E-state index in [9.17, 15) is 4.79 Å². The second-order valence-corrected chi connectivity index (χ2v) is 5.08. The zero-order valence-corrected chi connectivity index (χ0v) is 12.7. The van der Waals surface area contributed by atoms with Gasteiger partial charge in [0.1, 0.15) is 5.69 Å². The van der Waals surface area contributed by atoms with Crippen molar-refractivity contribution in [3.8, 4) is 0 Å². The van der Waals surface area contributed by atoms with Gasteiger partial charge in [-0.1, -0.05) is 40.2 Å². The number of alkyl halides is 1. The molecule has 0 aliphatic carbocycles. The number of aromatic nitrogens is 1. The number of hydrogen-bond acceptors (Lipinski definition) is 3. The van der Waals surface area contributed by atoms with Crippen LogP contribution < -0.4 is 5.32 Å². The van der Waals surface area contributed by atoms with Crippen molar-refractivity contribution in [2.75, 3.05) is 25.1 Å². The lowest BCUT2D eigenvalue weighted by atomic mass is 10.1. The van der Waals surface area contributed by atoms with Crippen molar-refractivity contribution in [2.45, 2.75) is 6.42 Å². The molecule has 2 aromatic rings. The van der Waals surface area contributed by atoms with E-state index in [2.05, 4.69) is 26.2 Å². The molecule has 1 amide bonds. The fourth-order valence-electron chi connectivity index (χ4n) is 1.92. The zero-order chi connectivity index (χ0) is 14.2. The van der Waals surface area contributed by atoms with Crippen molar-refractivity contribution in [3.05, 3.63) is 42.2 Å². The average Bonchev–Trinajstić information content (AvgIpc) is 2.50. The number of nitrogens with zero attached hydrogens (tertiary/aromatic N) is 1. The van der Waals surface area contributed by atoms with Gasteiger partial charge >= 0.3 is 0 Å². The fraction of sp³-hybridized carbons (Fsp3) is 0.333. The maximum atomic E-state index is 12.1. The van der Waals surface area contributed by atoms with Crippen LogP contribution in [0.15, 0.2) is 36.5 Å². The van der Waals surface area contributed by atoms with Gasteiger partial charge in [-0.2, -0.15) is 0 Å². The van der Waals surface area contributed by atoms with Gasteiger partial charge < -0.3 is 10.1 Å². The number of halogens is 1. The summed E-state index contributed by atoms with van der Waals surface area (Å²) in [6.07, 6.45) is 2.46. The van der Waals surface area contributed by atoms with E-state index in [4.69, 9.17) is 4.74 Å². The first kappa shape index (κ1) is 14.9. The lowest BCUT2D eigenvalue weighted by molar-refractivity contribution is 0.0941. The first-order valence-corrected chi connectivity index (χ1v) is 7.70. The maximum absolute atomic E-state index is 12.1. The van der Waals surface area contributed by atoms with E-state index in [1.54, 1.807) is 6.20 Å². The van der Waals surface area contributed by atoms with Gasteiger partial charge in [-0.25, -0.2) is 0 Å². The monoisotopic (exact) mass is 336 g/mol. The molecule has 0 atom stereocenters. The van der Waals surface area contributed by atoms with Gasteiger partial charge in [0.25, 0.3) is 5.91 Å². The van der Waals surface area contributed by atoms with E-state index in [-0.39, 0.29) is 5.91 Å². The normalized spacial score (nSPS) is 10.7. The second kappa shape index (κ2) is 7.97. The van der Waals surface area contributed by atoms with Crippen LogP contribution in [0, 0.1) is 0 Å². The number of ether oxygens (including phenoxy) is 1. The Labute approximate surface area is 126 Å². The van der Waals surface area contributed by atoms with E-state index in [1.165, 1.54) is 0 Å². The standard InChI is InChI=1S/C15H17BrN2O2/c16-7-11-20-10-3-8-18-15(19)14-13-5-2-1-4-12(13)6-9-17-14/h1-2,4-6,9H,3,7-8,10-11H2,(H,18,19). The molecule has 1 aromatic heterocycles. The van der Waals surface area contributed by atoms with Crippen LogP contribution in [0.3, 0.4) is 0 Å². The van der Waals surface area contributed by atoms with Gasteiger partial charge in [0.05, 0.1) is 6.61 Å². The topological polar surface area (TPSA) is 51.2 Å². The number of nitrogens with one attached hydrogen (secondary N) is 1. The van der Waals surface area contributed by atoms with Crippen LogP contribution in [0.25, 0.3) is 10.8 Å². The Hall–Kier alpha value is -1.46. The number of pyridine rings is 1. The predicted molar refractivity (Wildman–Crippen MR) is 83.3 cm³/mol. The van der Waals surface area contributed by atoms with Crippen LogP contribution in [0.1, 0.15) is 16.9 Å². The molecule has 1 N–H and O–H groups in total. The summed E-state index contributed by atoms with van der Waals surface area (Å²) in [6, 6.07) is 9.65. The molecule has 5 heteroatoms. The molecule has 2 rings (SSSR count). The largest absolute Gasteiger partial charge is 0.381 e. The Balaban J connectivity index is 1.91. The number of rotatable bonds is 7. The van der Waals surface area contributed by atoms with E-state index < -0.39 is 0 Å². The fourth-order valence-corrected chi connectivity index (χ4v) is 2.15. The molecule has 0 spiro atoms. The smallest absolute Gasteiger partial charge is 0.270 e. The lowest BCUT2D eigenvalue weighted by Crippen LogP contribution is -2.26. The number of fused-ring (bicyclic) bond motifs is 1. The molecule has 0 saturated carbocycles. The summed E-state index contributed by atoms with van der Waals surface area (Å²) in [5, 5.41) is 5.61. The predicted octanol–water partition coefficient (Wildman–Crippen LogP) is 2.77. The van der Waals surface area contributed by atoms with E-state index >= 15 is 0 Å². The molecule has 0 unspecified atom stereocenters. The Morgan fingerprint density at radius 1 is 1.25 bits per heavy atom. The molecule has 0 fully saturated rings. The van der Waals surface area contributed by atoms with Crippen molar-refractivity contribution < 1.29 is 9.53 Å². The summed E-state index contributed by atoms with van der Waals surface area (Å²) >= 11 is 3.29. The first-order valence-electron chi connectivity index (χ1n) is 6.58. The van der Waals surface area contributed by atoms with Crippen LogP contribution in [0.2, 0.25) is 0 Å². The highest BCUT2D eigenvalue weighted by Gasteiger charge is 2.10. The molecule has 0 saturated heterocycles. The van der Waals surface area contributed by atoms with E-state index in [0.29, 0.717) is 25.5 Å². The lowest BCUT2D eigenvalue weighted by Gasteiger charge is -2.07. The molecular weight excluding hydrogens is 320 g/mol. The van der Waals surface area contributed by atoms with Crippen molar-refractivity contribution in [1.29, 1.82) is 0 Å². The molecular formula is C15H17BrN2O2. The van der Waals surface area contributed by atoms with Crippen LogP contribution in [-0.2, 0) is 4.74 Å². The average molecular weight is 337 g/mol. The summed E-state index contributed by atoms with van der Waals surface area (Å²) in [5.41, 5.74) is 0.476. The Kier molecular flexibility index (Phi) is 5.95. The van der Waals surface area contributed by atoms with Gasteiger partial charge in [0.2, 0.25) is 0 Å². The van der Waals surface area contributed by atoms with E-state index in [1.807, 2.05) is 30.3 Å². The highest BCUT2D eigenvalue weighted by Crippen LogP contribution is 2.15. The third-order valence-electron chi connectivity index (χ3n) is 2.86. The van der Waals surface area contributed by atoms with Gasteiger partial charge in [0, 0.05) is 30.1 Å². The summed E-state index contributed by atoms with van der Waals surface area (Å²) in [6.45, 7) is 1.93. The number of amides is 1. The second-order valence-electron chi connectivity index (χ2n) is 4.29. The zero-order valence-electron chi connectivity index (χ0n) is 11.1. The van der Waals surface area contributed by atoms with Crippen molar-refractivity contribution in [2.24, 2.45) is 0 Å². The minimum atomic E-state index is -0.137. The molecule has 4 nitrogen and oxygen atoms in total. The van der Waals surface area contributed by atoms with Crippen LogP contribution in [0.5, 0.6) is 0 Å². The third kappa shape index (κ3) is 4.02. The molecule has 1 heterocycles. The molecule has 20 heavy (non-hydrogen) atoms. The Morgan fingerprint density at radius 3 is 2.95 bits per heavy atom. The molecule has 1 aromatic carbocycles. The van der Waals surface area contributed by atoms with Crippen LogP contribution in [0.4, 0.5) is 0 Å². The summed E-state index contributed by atoms with van der Waals surface area (Å²) in [5.74, 6) is -0.137. The van der Waals surface area contributed by atoms with Gasteiger partial charge in [-0.3, -0.25) is 9.78 Å². The quantitative estimate of drug-likeness (QED) is 0.624. The molecule has 0 aliphatic rings. The molecule has 106 valence electrons. The molecule has 0 radical (unpaired) electrons. The number of hydrogen-bond donors (Lipinski definition) is 1. The SMILES string of the molecule is O=C(NCCCOCCBr)c1nccc2ccccc12. The Morgan fingerprint density at radius 2 is 2.10 bits per heavy atom. The van der Waals surface area contributed by atoms with Crippen molar-refractivity contribution in [3.63, 3.8) is 0 Å². The Bertz CT molecular complexity index is 569. The van der Waals surface area contributed by atoms with Crippen molar-refractivity contribution in [1.82, 2.24) is 10.3 Å². The number of carbonyl (C=O) groups is 1. The molecule has 0 aliphatic heterocycles. The summed E-state index contributed by atoms with van der Waals surface area (Å²) in [7, 11) is 0. The molecule has 0 bridgehead atoms. The van der Waals surface area contributed by atoms with Crippen molar-refractivity contribution >= 4 is 32.6 Å². The third-order valence-corrected chi connectivity index (χ3v) is 3.18. The van der Waals surface area contributed by atoms with Gasteiger partial charge in [-0.15, -0.1) is 0 Å². The van der Waals surface area contributed by atoms with Gasteiger partial charge in [0.15, 0.2) is 0 Å². The highest BCUT2D eigenvalue weighted by atomic mass is 79.9. The van der Waals surface area contributed by atoms with Crippen LogP contribution in [-0.4, -0.2) is 36.0 Å². The van der Waals surface area contributed by atoms with Gasteiger partial charge in [-0.05, 0) is 17.9 Å².